The normalized spacial score (nSPS) is 18.7. The number of halogens is 1. The molecule has 1 saturated heterocycles. The van der Waals surface area contributed by atoms with Gasteiger partial charge in [0.25, 0.3) is 5.91 Å². The van der Waals surface area contributed by atoms with E-state index in [1.54, 1.807) is 17.0 Å². The highest BCUT2D eigenvalue weighted by Crippen LogP contribution is 2.20. The Bertz CT molecular complexity index is 589. The number of sulfone groups is 1. The quantitative estimate of drug-likeness (QED) is 0.904. The fourth-order valence-electron chi connectivity index (χ4n) is 2.37. The van der Waals surface area contributed by atoms with Crippen LogP contribution in [0.3, 0.4) is 0 Å². The molecule has 2 N–H and O–H groups in total. The van der Waals surface area contributed by atoms with Crippen LogP contribution in [0.2, 0.25) is 0 Å². The second-order valence-corrected chi connectivity index (χ2v) is 6.85. The molecule has 1 heterocycles. The van der Waals surface area contributed by atoms with Crippen molar-refractivity contribution >= 4 is 28.2 Å². The van der Waals surface area contributed by atoms with E-state index >= 15 is 0 Å². The van der Waals surface area contributed by atoms with Crippen LogP contribution in [0.1, 0.15) is 23.2 Å². The van der Waals surface area contributed by atoms with Crippen molar-refractivity contribution in [2.24, 2.45) is 5.73 Å². The Balaban J connectivity index is 0.00000200. The lowest BCUT2D eigenvalue weighted by Gasteiger charge is -2.23. The predicted molar refractivity (Wildman–Crippen MR) is 79.9 cm³/mol. The Morgan fingerprint density at radius 2 is 2.15 bits per heavy atom. The van der Waals surface area contributed by atoms with E-state index in [-0.39, 0.29) is 29.3 Å². The Hall–Kier alpha value is -1.11. The van der Waals surface area contributed by atoms with Gasteiger partial charge in [0.15, 0.2) is 9.84 Å². The van der Waals surface area contributed by atoms with Gasteiger partial charge in [0.1, 0.15) is 0 Å². The molecule has 7 heteroatoms. The zero-order valence-electron chi connectivity index (χ0n) is 11.3. The van der Waals surface area contributed by atoms with Crippen LogP contribution in [0, 0.1) is 0 Å². The molecule has 0 aromatic heterocycles. The van der Waals surface area contributed by atoms with E-state index in [2.05, 4.69) is 0 Å². The van der Waals surface area contributed by atoms with Crippen LogP contribution in [0.25, 0.3) is 0 Å². The number of benzene rings is 1. The molecule has 0 aliphatic carbocycles. The third kappa shape index (κ3) is 3.50. The Labute approximate surface area is 125 Å². The van der Waals surface area contributed by atoms with Gasteiger partial charge in [-0.05, 0) is 31.0 Å². The molecule has 1 atom stereocenters. The summed E-state index contributed by atoms with van der Waals surface area (Å²) in [7, 11) is -3.30. The lowest BCUT2D eigenvalue weighted by molar-refractivity contribution is 0.0741. The summed E-state index contributed by atoms with van der Waals surface area (Å²) in [5.41, 5.74) is 6.06. The molecule has 0 spiro atoms. The average molecular weight is 319 g/mol. The highest BCUT2D eigenvalue weighted by molar-refractivity contribution is 7.90. The molecule has 0 bridgehead atoms. The van der Waals surface area contributed by atoms with E-state index < -0.39 is 9.84 Å². The molecule has 1 fully saturated rings. The number of nitrogens with zero attached hydrogens (tertiary/aromatic N) is 1. The van der Waals surface area contributed by atoms with Crippen LogP contribution in [-0.2, 0) is 9.84 Å². The highest BCUT2D eigenvalue weighted by Gasteiger charge is 2.28. The van der Waals surface area contributed by atoms with Crippen molar-refractivity contribution in [2.75, 3.05) is 19.3 Å². The fourth-order valence-corrected chi connectivity index (χ4v) is 3.04. The van der Waals surface area contributed by atoms with E-state index in [0.29, 0.717) is 18.7 Å². The zero-order valence-corrected chi connectivity index (χ0v) is 12.9. The highest BCUT2D eigenvalue weighted by atomic mass is 35.5. The van der Waals surface area contributed by atoms with Crippen LogP contribution in [0.15, 0.2) is 29.2 Å². The SMILES string of the molecule is CS(=O)(=O)c1cccc(C(=O)N2CCCC2CN)c1.Cl. The van der Waals surface area contributed by atoms with Crippen molar-refractivity contribution in [3.63, 3.8) is 0 Å². The molecule has 1 amide bonds. The maximum absolute atomic E-state index is 12.4. The molecular formula is C13H19ClN2O3S. The minimum Gasteiger partial charge on any atom is -0.334 e. The molecule has 20 heavy (non-hydrogen) atoms. The number of hydrogen-bond acceptors (Lipinski definition) is 4. The van der Waals surface area contributed by atoms with Crippen LogP contribution < -0.4 is 5.73 Å². The number of likely N-dealkylation sites (tertiary alicyclic amines) is 1. The molecule has 1 aromatic rings. The molecule has 1 aliphatic rings. The largest absolute Gasteiger partial charge is 0.334 e. The van der Waals surface area contributed by atoms with Crippen LogP contribution in [0.4, 0.5) is 0 Å². The summed E-state index contributed by atoms with van der Waals surface area (Å²) in [6.07, 6.45) is 2.99. The van der Waals surface area contributed by atoms with Gasteiger partial charge in [0.05, 0.1) is 4.90 Å². The minimum absolute atomic E-state index is 0. The Kier molecular flexibility index (Phi) is 5.56. The van der Waals surface area contributed by atoms with Crippen molar-refractivity contribution < 1.29 is 13.2 Å². The lowest BCUT2D eigenvalue weighted by Crippen LogP contribution is -2.39. The summed E-state index contributed by atoms with van der Waals surface area (Å²) in [4.78, 5) is 14.3. The number of nitrogens with two attached hydrogens (primary N) is 1. The molecule has 2 rings (SSSR count). The summed E-state index contributed by atoms with van der Waals surface area (Å²) >= 11 is 0. The maximum atomic E-state index is 12.4. The first-order valence-corrected chi connectivity index (χ1v) is 8.14. The number of amides is 1. The Morgan fingerprint density at radius 1 is 1.45 bits per heavy atom. The minimum atomic E-state index is -3.30. The van der Waals surface area contributed by atoms with Gasteiger partial charge in [-0.15, -0.1) is 12.4 Å². The van der Waals surface area contributed by atoms with Crippen molar-refractivity contribution in [2.45, 2.75) is 23.8 Å². The molecular weight excluding hydrogens is 300 g/mol. The van der Waals surface area contributed by atoms with Crippen LogP contribution in [0.5, 0.6) is 0 Å². The van der Waals surface area contributed by atoms with Gasteiger partial charge in [-0.2, -0.15) is 0 Å². The monoisotopic (exact) mass is 318 g/mol. The summed E-state index contributed by atoms with van der Waals surface area (Å²) in [5.74, 6) is -0.140. The van der Waals surface area contributed by atoms with E-state index in [1.807, 2.05) is 0 Å². The first-order chi connectivity index (χ1) is 8.93. The smallest absolute Gasteiger partial charge is 0.254 e. The predicted octanol–water partition coefficient (Wildman–Crippen LogP) is 1.08. The van der Waals surface area contributed by atoms with Gasteiger partial charge in [0.2, 0.25) is 0 Å². The van der Waals surface area contributed by atoms with Crippen molar-refractivity contribution in [3.8, 4) is 0 Å². The van der Waals surface area contributed by atoms with E-state index in [1.165, 1.54) is 12.1 Å². The summed E-state index contributed by atoms with van der Waals surface area (Å²) in [6.45, 7) is 1.13. The topological polar surface area (TPSA) is 80.5 Å². The molecule has 112 valence electrons. The molecule has 1 aliphatic heterocycles. The molecule has 0 saturated carbocycles. The fraction of sp³-hybridized carbons (Fsp3) is 0.462. The zero-order chi connectivity index (χ0) is 14.0. The second-order valence-electron chi connectivity index (χ2n) is 4.83. The first kappa shape index (κ1) is 16.9. The van der Waals surface area contributed by atoms with Crippen molar-refractivity contribution in [3.05, 3.63) is 29.8 Å². The van der Waals surface area contributed by atoms with Gasteiger partial charge >= 0.3 is 0 Å². The summed E-state index contributed by atoms with van der Waals surface area (Å²) in [5, 5.41) is 0. The van der Waals surface area contributed by atoms with Crippen molar-refractivity contribution in [1.82, 2.24) is 4.90 Å². The third-order valence-electron chi connectivity index (χ3n) is 3.42. The maximum Gasteiger partial charge on any atom is 0.254 e. The van der Waals surface area contributed by atoms with E-state index in [9.17, 15) is 13.2 Å². The van der Waals surface area contributed by atoms with Gasteiger partial charge in [-0.3, -0.25) is 4.79 Å². The number of carbonyl (C=O) groups excluding carboxylic acids is 1. The molecule has 0 radical (unpaired) electrons. The van der Waals surface area contributed by atoms with Gasteiger partial charge in [0, 0.05) is 31.0 Å². The standard InChI is InChI=1S/C13H18N2O3S.ClH/c1-19(17,18)12-6-2-4-10(8-12)13(16)15-7-3-5-11(15)9-14;/h2,4,6,8,11H,3,5,7,9,14H2,1H3;1H. The second kappa shape index (κ2) is 6.56. The molecule has 5 nitrogen and oxygen atoms in total. The number of rotatable bonds is 3. The third-order valence-corrected chi connectivity index (χ3v) is 4.53. The first-order valence-electron chi connectivity index (χ1n) is 6.24. The van der Waals surface area contributed by atoms with Gasteiger partial charge in [-0.1, -0.05) is 6.07 Å². The number of hydrogen-bond donors (Lipinski definition) is 1. The van der Waals surface area contributed by atoms with Gasteiger partial charge < -0.3 is 10.6 Å². The lowest BCUT2D eigenvalue weighted by atomic mass is 10.1. The average Bonchev–Trinajstić information content (AvgIpc) is 2.85. The Morgan fingerprint density at radius 3 is 2.75 bits per heavy atom. The van der Waals surface area contributed by atoms with Crippen LogP contribution >= 0.6 is 12.4 Å². The van der Waals surface area contributed by atoms with E-state index in [0.717, 1.165) is 19.1 Å². The van der Waals surface area contributed by atoms with E-state index in [4.69, 9.17) is 5.73 Å². The number of carbonyl (C=O) groups is 1. The molecule has 1 unspecified atom stereocenters. The summed E-state index contributed by atoms with van der Waals surface area (Å²) in [6, 6.07) is 6.23. The molecule has 1 aromatic carbocycles. The van der Waals surface area contributed by atoms with Crippen molar-refractivity contribution in [1.29, 1.82) is 0 Å². The van der Waals surface area contributed by atoms with Gasteiger partial charge in [-0.25, -0.2) is 8.42 Å². The summed E-state index contributed by atoms with van der Waals surface area (Å²) < 4.78 is 23.0. The van der Waals surface area contributed by atoms with Crippen LogP contribution in [-0.4, -0.2) is 44.6 Å².